The van der Waals surface area contributed by atoms with Gasteiger partial charge in [0.1, 0.15) is 5.69 Å². The first-order valence-corrected chi connectivity index (χ1v) is 9.99. The zero-order valence-corrected chi connectivity index (χ0v) is 16.5. The van der Waals surface area contributed by atoms with Crippen LogP contribution in [0.1, 0.15) is 23.2 Å². The van der Waals surface area contributed by atoms with E-state index < -0.39 is 23.1 Å². The van der Waals surface area contributed by atoms with Gasteiger partial charge < -0.3 is 21.1 Å². The van der Waals surface area contributed by atoms with E-state index in [1.807, 2.05) is 0 Å². The first-order valence-electron chi connectivity index (χ1n) is 9.01. The van der Waals surface area contributed by atoms with E-state index in [2.05, 4.69) is 20.6 Å². The monoisotopic (exact) mass is 439 g/mol. The van der Waals surface area contributed by atoms with Crippen molar-refractivity contribution in [1.29, 1.82) is 0 Å². The number of benzene rings is 1. The van der Waals surface area contributed by atoms with Gasteiger partial charge >= 0.3 is 0 Å². The fourth-order valence-electron chi connectivity index (χ4n) is 2.70. The lowest BCUT2D eigenvalue weighted by Crippen LogP contribution is -2.33. The molecule has 2 heterocycles. The third kappa shape index (κ3) is 5.54. The van der Waals surface area contributed by atoms with Crippen LogP contribution in [0.25, 0.3) is 0 Å². The number of halogens is 2. The maximum atomic E-state index is 13.3. The molecule has 5 N–H and O–H groups in total. The number of aromatic amines is 1. The molecule has 1 fully saturated rings. The summed E-state index contributed by atoms with van der Waals surface area (Å²) >= 11 is 0.963. The van der Waals surface area contributed by atoms with Gasteiger partial charge in [-0.15, -0.1) is 0 Å². The van der Waals surface area contributed by atoms with Gasteiger partial charge in [0.25, 0.3) is 11.5 Å². The number of carbonyl (C=O) groups excluding carboxylic acids is 2. The van der Waals surface area contributed by atoms with E-state index in [4.69, 9.17) is 10.5 Å². The van der Waals surface area contributed by atoms with E-state index in [1.165, 1.54) is 0 Å². The molecule has 30 heavy (non-hydrogen) atoms. The molecule has 0 radical (unpaired) electrons. The highest BCUT2D eigenvalue weighted by atomic mass is 32.2. The second-order valence-electron chi connectivity index (χ2n) is 6.44. The summed E-state index contributed by atoms with van der Waals surface area (Å²) in [6.45, 7) is 1.11. The van der Waals surface area contributed by atoms with Crippen molar-refractivity contribution in [3.63, 3.8) is 0 Å². The predicted octanol–water partition coefficient (Wildman–Crippen LogP) is 1.27. The van der Waals surface area contributed by atoms with Crippen LogP contribution in [0.15, 0.2) is 28.2 Å². The van der Waals surface area contributed by atoms with Crippen LogP contribution in [0.4, 0.5) is 20.3 Å². The predicted molar refractivity (Wildman–Crippen MR) is 106 cm³/mol. The molecule has 2 amide bonds. The number of amides is 2. The minimum absolute atomic E-state index is 0.00430. The third-order valence-electron chi connectivity index (χ3n) is 4.24. The number of aromatic nitrogens is 2. The number of nitrogens with two attached hydrogens (primary N) is 1. The fraction of sp³-hybridized carbons (Fsp3) is 0.333. The molecular weight excluding hydrogens is 420 g/mol. The Bertz CT molecular complexity index is 1010. The Morgan fingerprint density at radius 2 is 2.13 bits per heavy atom. The molecule has 0 saturated carbocycles. The number of ether oxygens (including phenoxy) is 1. The summed E-state index contributed by atoms with van der Waals surface area (Å²) in [6, 6.07) is 2.55. The van der Waals surface area contributed by atoms with Gasteiger partial charge in [0.05, 0.1) is 11.9 Å². The molecule has 12 heteroatoms. The average molecular weight is 439 g/mol. The molecule has 0 aliphatic carbocycles. The number of H-pyrrole nitrogens is 1. The minimum atomic E-state index is -1.20. The quantitative estimate of drug-likeness (QED) is 0.376. The highest BCUT2D eigenvalue weighted by Crippen LogP contribution is 2.18. The van der Waals surface area contributed by atoms with Crippen LogP contribution in [0.3, 0.4) is 0 Å². The molecule has 1 aromatic carbocycles. The van der Waals surface area contributed by atoms with Gasteiger partial charge in [-0.25, -0.2) is 13.8 Å². The summed E-state index contributed by atoms with van der Waals surface area (Å²) < 4.78 is 31.7. The van der Waals surface area contributed by atoms with Crippen molar-refractivity contribution in [2.75, 3.05) is 30.0 Å². The molecule has 2 aromatic rings. The highest BCUT2D eigenvalue weighted by Gasteiger charge is 2.18. The zero-order chi connectivity index (χ0) is 21.7. The Morgan fingerprint density at radius 1 is 1.33 bits per heavy atom. The third-order valence-corrected chi connectivity index (χ3v) is 5.11. The average Bonchev–Trinajstić information content (AvgIpc) is 3.23. The number of hydrogen-bond acceptors (Lipinski definition) is 7. The number of nitrogen functional groups attached to an aromatic ring is 1. The molecule has 1 aliphatic heterocycles. The Labute approximate surface area is 173 Å². The largest absolute Gasteiger partial charge is 0.382 e. The molecule has 1 saturated heterocycles. The Morgan fingerprint density at radius 3 is 2.80 bits per heavy atom. The number of rotatable bonds is 7. The first-order chi connectivity index (χ1) is 14.3. The van der Waals surface area contributed by atoms with Crippen LogP contribution in [0.2, 0.25) is 0 Å². The van der Waals surface area contributed by atoms with Gasteiger partial charge in [-0.05, 0) is 31.0 Å². The maximum Gasteiger partial charge on any atom is 0.277 e. The molecule has 0 unspecified atom stereocenters. The second-order valence-corrected chi connectivity index (χ2v) is 7.41. The molecule has 3 rings (SSSR count). The van der Waals surface area contributed by atoms with E-state index in [-0.39, 0.29) is 40.0 Å². The first kappa shape index (κ1) is 21.7. The lowest BCUT2D eigenvalue weighted by atomic mass is 10.2. The van der Waals surface area contributed by atoms with Gasteiger partial charge in [-0.3, -0.25) is 19.4 Å². The van der Waals surface area contributed by atoms with Crippen molar-refractivity contribution in [3.8, 4) is 0 Å². The smallest absolute Gasteiger partial charge is 0.277 e. The molecule has 160 valence electrons. The second kappa shape index (κ2) is 9.67. The van der Waals surface area contributed by atoms with E-state index >= 15 is 0 Å². The molecule has 9 nitrogen and oxygen atoms in total. The van der Waals surface area contributed by atoms with Crippen LogP contribution in [-0.4, -0.2) is 46.8 Å². The number of anilines is 2. The van der Waals surface area contributed by atoms with Crippen molar-refractivity contribution >= 4 is 35.1 Å². The maximum absolute atomic E-state index is 13.3. The summed E-state index contributed by atoms with van der Waals surface area (Å²) in [7, 11) is 0. The zero-order valence-electron chi connectivity index (χ0n) is 15.7. The SMILES string of the molecule is Nc1nc(SCC(=O)NC[C@@H]2CCCO2)[nH]c(=O)c1NC(=O)c1ccc(F)c(F)c1. The van der Waals surface area contributed by atoms with Gasteiger partial charge in [-0.2, -0.15) is 0 Å². The number of hydrogen-bond donors (Lipinski definition) is 4. The fourth-order valence-corrected chi connectivity index (χ4v) is 3.40. The normalized spacial score (nSPS) is 15.7. The Kier molecular flexibility index (Phi) is 7.00. The number of carbonyl (C=O) groups is 2. The summed E-state index contributed by atoms with van der Waals surface area (Å²) in [4.78, 5) is 42.7. The van der Waals surface area contributed by atoms with E-state index in [1.54, 1.807) is 0 Å². The van der Waals surface area contributed by atoms with Gasteiger partial charge in [0.15, 0.2) is 22.6 Å². The van der Waals surface area contributed by atoms with Crippen molar-refractivity contribution in [2.24, 2.45) is 0 Å². The van der Waals surface area contributed by atoms with Crippen molar-refractivity contribution in [1.82, 2.24) is 15.3 Å². The summed E-state index contributed by atoms with van der Waals surface area (Å²) in [6.07, 6.45) is 1.89. The van der Waals surface area contributed by atoms with Crippen LogP contribution >= 0.6 is 11.8 Å². The van der Waals surface area contributed by atoms with Gasteiger partial charge in [0, 0.05) is 18.7 Å². The Hall–Kier alpha value is -2.99. The molecular formula is C18H19F2N5O4S. The summed E-state index contributed by atoms with van der Waals surface area (Å²) in [5.41, 5.74) is 4.45. The lowest BCUT2D eigenvalue weighted by molar-refractivity contribution is -0.119. The molecule has 0 bridgehead atoms. The van der Waals surface area contributed by atoms with Crippen LogP contribution in [0, 0.1) is 11.6 Å². The molecule has 1 aromatic heterocycles. The minimum Gasteiger partial charge on any atom is -0.382 e. The van der Waals surface area contributed by atoms with E-state index in [0.29, 0.717) is 19.2 Å². The lowest BCUT2D eigenvalue weighted by Gasteiger charge is -2.11. The van der Waals surface area contributed by atoms with Crippen molar-refractivity contribution < 1.29 is 23.1 Å². The molecule has 1 atom stereocenters. The topological polar surface area (TPSA) is 139 Å². The van der Waals surface area contributed by atoms with Crippen LogP contribution in [-0.2, 0) is 9.53 Å². The number of nitrogens with zero attached hydrogens (tertiary/aromatic N) is 1. The summed E-state index contributed by atoms with van der Waals surface area (Å²) in [5.74, 6) is -3.71. The molecule has 1 aliphatic rings. The van der Waals surface area contributed by atoms with E-state index in [9.17, 15) is 23.2 Å². The van der Waals surface area contributed by atoms with Gasteiger partial charge in [-0.1, -0.05) is 11.8 Å². The van der Waals surface area contributed by atoms with Crippen molar-refractivity contribution in [3.05, 3.63) is 45.8 Å². The summed E-state index contributed by atoms with van der Waals surface area (Å²) in [5, 5.41) is 5.05. The molecule has 0 spiro atoms. The van der Waals surface area contributed by atoms with Crippen LogP contribution < -0.4 is 21.9 Å². The standard InChI is InChI=1S/C18H19F2N5O4S/c19-11-4-3-9(6-12(11)20)16(27)23-14-15(21)24-18(25-17(14)28)30-8-13(26)22-7-10-2-1-5-29-10/h3-4,6,10H,1-2,5,7-8H2,(H,22,26)(H,23,27)(H3,21,24,25,28)/t10-/m0/s1. The number of thioether (sulfide) groups is 1. The van der Waals surface area contributed by atoms with Gasteiger partial charge in [0.2, 0.25) is 5.91 Å². The van der Waals surface area contributed by atoms with E-state index in [0.717, 1.165) is 36.7 Å². The van der Waals surface area contributed by atoms with Crippen LogP contribution in [0.5, 0.6) is 0 Å². The van der Waals surface area contributed by atoms with Crippen molar-refractivity contribution in [2.45, 2.75) is 24.1 Å². The Balaban J connectivity index is 1.59. The number of nitrogens with one attached hydrogen (secondary N) is 3. The highest BCUT2D eigenvalue weighted by molar-refractivity contribution is 7.99.